The number of hydrogen-bond donors (Lipinski definition) is 2. The first-order valence-corrected chi connectivity index (χ1v) is 8.05. The standard InChI is InChI=1S/C18H20BN3O2/c1-3-17-21-15-10-13(18(20)23)6-9-16(15)22(17)11-12-4-7-14(8-5-12)19(2)24/h4-10,24H,3,11H2,1-2H3,(H2,20,23). The molecule has 0 bridgehead atoms. The van der Waals surface area contributed by atoms with E-state index in [1.165, 1.54) is 0 Å². The molecule has 3 aromatic rings. The zero-order valence-corrected chi connectivity index (χ0v) is 13.9. The third-order valence-corrected chi connectivity index (χ3v) is 4.23. The van der Waals surface area contributed by atoms with Crippen molar-refractivity contribution >= 4 is 29.3 Å². The summed E-state index contributed by atoms with van der Waals surface area (Å²) in [6, 6.07) is 13.3. The van der Waals surface area contributed by atoms with Crippen molar-refractivity contribution in [2.75, 3.05) is 0 Å². The SMILES string of the molecule is CCc1nc2cc(C(N)=O)ccc2n1Cc1ccc(B(C)O)cc1. The van der Waals surface area contributed by atoms with E-state index >= 15 is 0 Å². The maximum absolute atomic E-state index is 11.4. The Bertz CT molecular complexity index is 885. The molecular formula is C18H20BN3O2. The highest BCUT2D eigenvalue weighted by Crippen LogP contribution is 2.20. The molecule has 0 spiro atoms. The van der Waals surface area contributed by atoms with Crippen molar-refractivity contribution in [2.45, 2.75) is 26.7 Å². The van der Waals surface area contributed by atoms with Gasteiger partial charge in [0.1, 0.15) is 5.82 Å². The molecule has 0 fully saturated rings. The highest BCUT2D eigenvalue weighted by molar-refractivity contribution is 6.64. The van der Waals surface area contributed by atoms with E-state index in [2.05, 4.69) is 16.5 Å². The number of nitrogens with zero attached hydrogens (tertiary/aromatic N) is 2. The van der Waals surface area contributed by atoms with E-state index in [0.29, 0.717) is 12.1 Å². The molecule has 0 saturated carbocycles. The van der Waals surface area contributed by atoms with Crippen molar-refractivity contribution in [3.05, 3.63) is 59.4 Å². The largest absolute Gasteiger partial charge is 0.447 e. The minimum absolute atomic E-state index is 0.446. The van der Waals surface area contributed by atoms with Crippen molar-refractivity contribution in [1.29, 1.82) is 0 Å². The van der Waals surface area contributed by atoms with Crippen LogP contribution in [0, 0.1) is 0 Å². The van der Waals surface area contributed by atoms with Crippen LogP contribution < -0.4 is 11.2 Å². The lowest BCUT2D eigenvalue weighted by molar-refractivity contribution is 0.100. The van der Waals surface area contributed by atoms with Crippen LogP contribution in [0.5, 0.6) is 0 Å². The van der Waals surface area contributed by atoms with Gasteiger partial charge in [0.2, 0.25) is 5.91 Å². The Kier molecular flexibility index (Phi) is 4.40. The zero-order valence-electron chi connectivity index (χ0n) is 13.9. The van der Waals surface area contributed by atoms with E-state index in [4.69, 9.17) is 5.73 Å². The molecule has 0 aliphatic rings. The Morgan fingerprint density at radius 2 is 1.96 bits per heavy atom. The molecule has 1 heterocycles. The van der Waals surface area contributed by atoms with Gasteiger partial charge in [-0.25, -0.2) is 4.98 Å². The van der Waals surface area contributed by atoms with Gasteiger partial charge in [-0.3, -0.25) is 4.79 Å². The Hall–Kier alpha value is -2.60. The predicted molar refractivity (Wildman–Crippen MR) is 96.6 cm³/mol. The van der Waals surface area contributed by atoms with Gasteiger partial charge in [-0.2, -0.15) is 0 Å². The van der Waals surface area contributed by atoms with Gasteiger partial charge < -0.3 is 15.3 Å². The molecule has 0 atom stereocenters. The molecule has 24 heavy (non-hydrogen) atoms. The average Bonchev–Trinajstić information content (AvgIpc) is 2.92. The maximum Gasteiger partial charge on any atom is 0.320 e. The summed E-state index contributed by atoms with van der Waals surface area (Å²) in [7, 11) is 0. The summed E-state index contributed by atoms with van der Waals surface area (Å²) in [4.78, 5) is 16.0. The molecule has 122 valence electrons. The summed E-state index contributed by atoms with van der Waals surface area (Å²) in [6.45, 7) is 4.04. The number of primary amides is 1. The van der Waals surface area contributed by atoms with Gasteiger partial charge in [0.05, 0.1) is 11.0 Å². The van der Waals surface area contributed by atoms with E-state index in [0.717, 1.165) is 34.3 Å². The molecule has 1 aromatic heterocycles. The third kappa shape index (κ3) is 3.05. The van der Waals surface area contributed by atoms with Crippen molar-refractivity contribution < 1.29 is 9.82 Å². The second-order valence-electron chi connectivity index (χ2n) is 5.95. The van der Waals surface area contributed by atoms with Crippen LogP contribution in [0.2, 0.25) is 6.82 Å². The number of nitrogens with two attached hydrogens (primary N) is 1. The van der Waals surface area contributed by atoms with Crippen LogP contribution in [-0.4, -0.2) is 27.4 Å². The number of imidazole rings is 1. The van der Waals surface area contributed by atoms with Crippen LogP contribution in [0.3, 0.4) is 0 Å². The number of benzene rings is 2. The lowest BCUT2D eigenvalue weighted by atomic mass is 9.64. The van der Waals surface area contributed by atoms with Gasteiger partial charge in [-0.05, 0) is 29.2 Å². The van der Waals surface area contributed by atoms with E-state index in [-0.39, 0.29) is 0 Å². The van der Waals surface area contributed by atoms with Gasteiger partial charge in [0.15, 0.2) is 0 Å². The zero-order chi connectivity index (χ0) is 17.3. The highest BCUT2D eigenvalue weighted by atomic mass is 16.2. The Morgan fingerprint density at radius 1 is 1.25 bits per heavy atom. The smallest absolute Gasteiger partial charge is 0.320 e. The average molecular weight is 321 g/mol. The molecule has 3 N–H and O–H groups in total. The van der Waals surface area contributed by atoms with Gasteiger partial charge >= 0.3 is 6.92 Å². The lowest BCUT2D eigenvalue weighted by Gasteiger charge is -2.09. The molecule has 0 aliphatic carbocycles. The second kappa shape index (κ2) is 6.49. The van der Waals surface area contributed by atoms with Crippen LogP contribution in [0.15, 0.2) is 42.5 Å². The number of amides is 1. The number of carbonyl (C=O) groups excluding carboxylic acids is 1. The summed E-state index contributed by atoms with van der Waals surface area (Å²) in [5.74, 6) is 0.518. The van der Waals surface area contributed by atoms with Crippen molar-refractivity contribution in [3.63, 3.8) is 0 Å². The second-order valence-corrected chi connectivity index (χ2v) is 5.95. The quantitative estimate of drug-likeness (QED) is 0.700. The fourth-order valence-corrected chi connectivity index (χ4v) is 2.86. The Morgan fingerprint density at radius 3 is 2.54 bits per heavy atom. The van der Waals surface area contributed by atoms with Crippen LogP contribution in [0.25, 0.3) is 11.0 Å². The van der Waals surface area contributed by atoms with Crippen LogP contribution in [0.1, 0.15) is 28.7 Å². The fourth-order valence-electron chi connectivity index (χ4n) is 2.86. The van der Waals surface area contributed by atoms with Gasteiger partial charge in [0, 0.05) is 18.5 Å². The van der Waals surface area contributed by atoms with E-state index in [1.54, 1.807) is 19.0 Å². The fraction of sp³-hybridized carbons (Fsp3) is 0.222. The molecule has 0 radical (unpaired) electrons. The van der Waals surface area contributed by atoms with Crippen LogP contribution >= 0.6 is 0 Å². The summed E-state index contributed by atoms with van der Waals surface area (Å²) >= 11 is 0. The summed E-state index contributed by atoms with van der Waals surface area (Å²) in [5.41, 5.74) is 9.61. The van der Waals surface area contributed by atoms with Gasteiger partial charge in [-0.1, -0.05) is 38.0 Å². The molecule has 5 nitrogen and oxygen atoms in total. The minimum Gasteiger partial charge on any atom is -0.447 e. The number of rotatable bonds is 5. The molecule has 6 heteroatoms. The number of carbonyl (C=O) groups is 1. The monoisotopic (exact) mass is 321 g/mol. The highest BCUT2D eigenvalue weighted by Gasteiger charge is 2.12. The molecule has 0 aliphatic heterocycles. The minimum atomic E-state index is -0.466. The third-order valence-electron chi connectivity index (χ3n) is 4.23. The molecule has 1 amide bonds. The Balaban J connectivity index is 2.00. The van der Waals surface area contributed by atoms with Crippen LogP contribution in [-0.2, 0) is 13.0 Å². The first kappa shape index (κ1) is 16.3. The van der Waals surface area contributed by atoms with Crippen molar-refractivity contribution in [1.82, 2.24) is 9.55 Å². The predicted octanol–water partition coefficient (Wildman–Crippen LogP) is 1.57. The van der Waals surface area contributed by atoms with Crippen LogP contribution in [0.4, 0.5) is 0 Å². The number of aromatic nitrogens is 2. The van der Waals surface area contributed by atoms with Gasteiger partial charge in [0.25, 0.3) is 0 Å². The number of hydrogen-bond acceptors (Lipinski definition) is 3. The van der Waals surface area contributed by atoms with Gasteiger partial charge in [-0.15, -0.1) is 0 Å². The Labute approximate surface area is 141 Å². The lowest BCUT2D eigenvalue weighted by Crippen LogP contribution is -2.25. The summed E-state index contributed by atoms with van der Waals surface area (Å²) in [5, 5.41) is 9.61. The number of fused-ring (bicyclic) bond motifs is 1. The molecule has 0 unspecified atom stereocenters. The first-order valence-electron chi connectivity index (χ1n) is 8.05. The molecular weight excluding hydrogens is 301 g/mol. The van der Waals surface area contributed by atoms with E-state index in [9.17, 15) is 9.82 Å². The molecule has 0 saturated heterocycles. The summed E-state index contributed by atoms with van der Waals surface area (Å²) < 4.78 is 2.15. The van der Waals surface area contributed by atoms with Crippen molar-refractivity contribution in [3.8, 4) is 0 Å². The van der Waals surface area contributed by atoms with E-state index < -0.39 is 12.8 Å². The topological polar surface area (TPSA) is 81.1 Å². The summed E-state index contributed by atoms with van der Waals surface area (Å²) in [6.07, 6.45) is 0.798. The molecule has 2 aromatic carbocycles. The maximum atomic E-state index is 11.4. The van der Waals surface area contributed by atoms with Crippen molar-refractivity contribution in [2.24, 2.45) is 5.73 Å². The first-order chi connectivity index (χ1) is 11.5. The van der Waals surface area contributed by atoms with E-state index in [1.807, 2.05) is 30.3 Å². The molecule has 3 rings (SSSR count). The normalized spacial score (nSPS) is 11.0. The number of aryl methyl sites for hydroxylation is 1.